The van der Waals surface area contributed by atoms with E-state index < -0.39 is 0 Å². The molecule has 4 nitrogen and oxygen atoms in total. The quantitative estimate of drug-likeness (QED) is 0.653. The van der Waals surface area contributed by atoms with E-state index in [1.54, 1.807) is 11.3 Å². The molecule has 0 saturated heterocycles. The molecule has 1 aromatic carbocycles. The van der Waals surface area contributed by atoms with Gasteiger partial charge in [0.2, 0.25) is 4.80 Å². The van der Waals surface area contributed by atoms with Crippen molar-refractivity contribution in [2.45, 2.75) is 27.2 Å². The van der Waals surface area contributed by atoms with Crippen LogP contribution in [0.4, 0.5) is 0 Å². The van der Waals surface area contributed by atoms with Crippen molar-refractivity contribution in [2.24, 2.45) is 10.1 Å². The molecule has 0 aliphatic rings. The summed E-state index contributed by atoms with van der Waals surface area (Å²) in [5.41, 5.74) is 2.90. The molecule has 0 aliphatic carbocycles. The average molecular weight is 313 g/mol. The maximum absolute atomic E-state index is 5.98. The Kier molecular flexibility index (Phi) is 4.24. The summed E-state index contributed by atoms with van der Waals surface area (Å²) in [6.45, 7) is 6.90. The van der Waals surface area contributed by atoms with Gasteiger partial charge in [-0.15, -0.1) is 11.3 Å². The third-order valence-electron chi connectivity index (χ3n) is 3.44. The maximum atomic E-state index is 5.98. The number of thiazole rings is 1. The second kappa shape index (κ2) is 6.32. The van der Waals surface area contributed by atoms with Crippen LogP contribution in [0.1, 0.15) is 27.2 Å². The highest BCUT2D eigenvalue weighted by atomic mass is 32.1. The average Bonchev–Trinajstić information content (AvgIpc) is 3.11. The van der Waals surface area contributed by atoms with Gasteiger partial charge in [0.1, 0.15) is 11.3 Å². The van der Waals surface area contributed by atoms with Crippen molar-refractivity contribution in [3.05, 3.63) is 40.5 Å². The number of aromatic nitrogens is 1. The molecule has 2 heterocycles. The minimum Gasteiger partial charge on any atom is -0.454 e. The first-order valence-corrected chi connectivity index (χ1v) is 8.35. The van der Waals surface area contributed by atoms with E-state index in [9.17, 15) is 0 Å². The predicted octanol–water partition coefficient (Wildman–Crippen LogP) is 4.52. The Morgan fingerprint density at radius 2 is 2.09 bits per heavy atom. The van der Waals surface area contributed by atoms with Gasteiger partial charge in [-0.1, -0.05) is 25.1 Å². The van der Waals surface area contributed by atoms with Crippen molar-refractivity contribution in [2.75, 3.05) is 6.54 Å². The predicted molar refractivity (Wildman–Crippen MR) is 92.4 cm³/mol. The van der Waals surface area contributed by atoms with Crippen LogP contribution in [-0.2, 0) is 0 Å². The Bertz CT molecular complexity index is 850. The summed E-state index contributed by atoms with van der Waals surface area (Å²) < 4.78 is 7.87. The molecule has 0 aliphatic heterocycles. The van der Waals surface area contributed by atoms with Gasteiger partial charge in [-0.25, -0.2) is 4.68 Å². The molecule has 0 N–H and O–H groups in total. The van der Waals surface area contributed by atoms with Crippen molar-refractivity contribution in [3.63, 3.8) is 0 Å². The van der Waals surface area contributed by atoms with Gasteiger partial charge in [0, 0.05) is 23.0 Å². The molecule has 5 heteroatoms. The molecule has 0 spiro atoms. The zero-order valence-electron chi connectivity index (χ0n) is 13.0. The minimum atomic E-state index is 0.737. The van der Waals surface area contributed by atoms with Crippen LogP contribution >= 0.6 is 11.3 Å². The van der Waals surface area contributed by atoms with Crippen LogP contribution in [0.5, 0.6) is 0 Å². The van der Waals surface area contributed by atoms with Crippen LogP contribution in [-0.4, -0.2) is 16.9 Å². The summed E-state index contributed by atoms with van der Waals surface area (Å²) in [5.74, 6) is 0.822. The van der Waals surface area contributed by atoms with Crippen LogP contribution in [0.3, 0.4) is 0 Å². The first-order chi connectivity index (χ1) is 10.7. The zero-order valence-corrected chi connectivity index (χ0v) is 13.9. The number of rotatable bonds is 4. The van der Waals surface area contributed by atoms with Crippen LogP contribution < -0.4 is 4.80 Å². The van der Waals surface area contributed by atoms with Gasteiger partial charge in [-0.05, 0) is 32.4 Å². The molecule has 0 amide bonds. The first-order valence-electron chi connectivity index (χ1n) is 7.47. The molecule has 0 fully saturated rings. The molecule has 3 rings (SSSR count). The molecular weight excluding hydrogens is 294 g/mol. The summed E-state index contributed by atoms with van der Waals surface area (Å²) in [4.78, 5) is 5.42. The monoisotopic (exact) mass is 313 g/mol. The molecule has 0 bridgehead atoms. The molecule has 2 aromatic heterocycles. The highest BCUT2D eigenvalue weighted by molar-refractivity contribution is 7.07. The summed E-state index contributed by atoms with van der Waals surface area (Å²) in [5, 5.41) is 7.84. The molecular formula is C17H19N3OS. The normalized spacial score (nSPS) is 13.2. The standard InChI is InChI=1S/C17H19N3OS/c1-4-12(3)19-20-14(11-22-17(20)18-5-2)16-10-13-8-6-7-9-15(13)21-16/h6-11H,4-5H2,1-3H3. The van der Waals surface area contributed by atoms with Gasteiger partial charge >= 0.3 is 0 Å². The molecule has 0 saturated carbocycles. The molecule has 22 heavy (non-hydrogen) atoms. The van der Waals surface area contributed by atoms with Gasteiger partial charge in [0.25, 0.3) is 0 Å². The van der Waals surface area contributed by atoms with Gasteiger partial charge in [-0.2, -0.15) is 5.10 Å². The van der Waals surface area contributed by atoms with E-state index in [0.717, 1.165) is 45.9 Å². The Morgan fingerprint density at radius 3 is 2.82 bits per heavy atom. The lowest BCUT2D eigenvalue weighted by Gasteiger charge is -2.02. The van der Waals surface area contributed by atoms with Crippen molar-refractivity contribution < 1.29 is 4.42 Å². The number of hydrogen-bond acceptors (Lipinski definition) is 4. The van der Waals surface area contributed by atoms with Gasteiger partial charge < -0.3 is 4.42 Å². The second-order valence-electron chi connectivity index (χ2n) is 5.03. The maximum Gasteiger partial charge on any atom is 0.206 e. The van der Waals surface area contributed by atoms with Crippen LogP contribution in [0.2, 0.25) is 0 Å². The summed E-state index contributed by atoms with van der Waals surface area (Å²) in [6, 6.07) is 10.1. The number of fused-ring (bicyclic) bond motifs is 1. The van der Waals surface area contributed by atoms with E-state index in [0.29, 0.717) is 0 Å². The second-order valence-corrected chi connectivity index (χ2v) is 5.86. The van der Waals surface area contributed by atoms with E-state index in [-0.39, 0.29) is 0 Å². The number of hydrogen-bond donors (Lipinski definition) is 0. The number of furan rings is 1. The minimum absolute atomic E-state index is 0.737. The summed E-state index contributed by atoms with van der Waals surface area (Å²) in [6.07, 6.45) is 0.911. The van der Waals surface area contributed by atoms with E-state index in [1.165, 1.54) is 0 Å². The van der Waals surface area contributed by atoms with E-state index in [1.807, 2.05) is 36.7 Å². The van der Waals surface area contributed by atoms with Crippen LogP contribution in [0.25, 0.3) is 22.4 Å². The number of para-hydroxylation sites is 1. The third-order valence-corrected chi connectivity index (χ3v) is 4.29. The summed E-state index contributed by atoms with van der Waals surface area (Å²) >= 11 is 1.59. The van der Waals surface area contributed by atoms with Gasteiger partial charge in [-0.3, -0.25) is 4.99 Å². The molecule has 0 atom stereocenters. The van der Waals surface area contributed by atoms with Crippen molar-refractivity contribution >= 4 is 28.0 Å². The third kappa shape index (κ3) is 2.76. The Labute approximate surface area is 133 Å². The number of benzene rings is 1. The Morgan fingerprint density at radius 1 is 1.27 bits per heavy atom. The lowest BCUT2D eigenvalue weighted by atomic mass is 10.2. The molecule has 0 unspecified atom stereocenters. The summed E-state index contributed by atoms with van der Waals surface area (Å²) in [7, 11) is 0. The van der Waals surface area contributed by atoms with Crippen molar-refractivity contribution in [1.29, 1.82) is 0 Å². The zero-order chi connectivity index (χ0) is 15.5. The fraction of sp³-hybridized carbons (Fsp3) is 0.294. The fourth-order valence-electron chi connectivity index (χ4n) is 2.16. The lowest BCUT2D eigenvalue weighted by molar-refractivity contribution is 0.621. The SMILES string of the molecule is CCN=c1scc(-c2cc3ccccc3o2)n1N=C(C)CC. The fourth-order valence-corrected chi connectivity index (χ4v) is 3.04. The molecule has 0 radical (unpaired) electrons. The largest absolute Gasteiger partial charge is 0.454 e. The Hall–Kier alpha value is -2.14. The topological polar surface area (TPSA) is 42.8 Å². The van der Waals surface area contributed by atoms with Crippen LogP contribution in [0, 0.1) is 0 Å². The van der Waals surface area contributed by atoms with E-state index >= 15 is 0 Å². The van der Waals surface area contributed by atoms with Crippen molar-refractivity contribution in [3.8, 4) is 11.5 Å². The van der Waals surface area contributed by atoms with Gasteiger partial charge in [0.05, 0.1) is 0 Å². The highest BCUT2D eigenvalue weighted by Gasteiger charge is 2.12. The van der Waals surface area contributed by atoms with Gasteiger partial charge in [0.15, 0.2) is 5.76 Å². The highest BCUT2D eigenvalue weighted by Crippen LogP contribution is 2.28. The van der Waals surface area contributed by atoms with Crippen LogP contribution in [0.15, 0.2) is 50.2 Å². The molecule has 3 aromatic rings. The first kappa shape index (κ1) is 14.8. The van der Waals surface area contributed by atoms with E-state index in [4.69, 9.17) is 9.52 Å². The number of nitrogens with zero attached hydrogens (tertiary/aromatic N) is 3. The van der Waals surface area contributed by atoms with Crippen molar-refractivity contribution in [1.82, 2.24) is 4.68 Å². The Balaban J connectivity index is 2.20. The van der Waals surface area contributed by atoms with E-state index in [2.05, 4.69) is 29.4 Å². The smallest absolute Gasteiger partial charge is 0.206 e. The lowest BCUT2D eigenvalue weighted by Crippen LogP contribution is -2.13. The molecule has 114 valence electrons.